The fraction of sp³-hybridized carbons (Fsp3) is 0.727. The van der Waals surface area contributed by atoms with Crippen LogP contribution in [0.15, 0.2) is 0 Å². The van der Waals surface area contributed by atoms with E-state index in [9.17, 15) is 39.0 Å². The van der Waals surface area contributed by atoms with Gasteiger partial charge in [-0.05, 0) is 38.8 Å². The van der Waals surface area contributed by atoms with E-state index in [0.29, 0.717) is 25.9 Å². The second-order valence-corrected chi connectivity index (χ2v) is 10.9. The largest absolute Gasteiger partial charge is 0.548 e. The Bertz CT molecular complexity index is 720. The van der Waals surface area contributed by atoms with Gasteiger partial charge in [0.05, 0.1) is 24.0 Å². The molecule has 18 nitrogen and oxygen atoms in total. The third-order valence-electron chi connectivity index (χ3n) is 4.59. The quantitative estimate of drug-likeness (QED) is 0.0475. The Hall–Kier alpha value is -2.72. The van der Waals surface area contributed by atoms with Gasteiger partial charge in [0.2, 0.25) is 11.8 Å². The SMILES string of the molecule is CC(=O)N[C@@H](CSSC[C@H](NC(C)=O)C(=O)[O-])C(=O)[O-].NCCCC[C@H]([NH3+])C(=O)O.NCCCC[C@H]([NH3+])C(=O)O.O.O. The number of nitrogens with two attached hydrogens (primary N) is 2. The number of hydrogen-bond acceptors (Lipinski definition) is 12. The Kier molecular flexibility index (Phi) is 36.4. The maximum atomic E-state index is 10.8. The van der Waals surface area contributed by atoms with Crippen LogP contribution >= 0.6 is 21.6 Å². The Morgan fingerprint density at radius 2 is 0.976 bits per heavy atom. The highest BCUT2D eigenvalue weighted by Crippen LogP contribution is 2.22. The molecule has 18 N–H and O–H groups in total. The lowest BCUT2D eigenvalue weighted by Crippen LogP contribution is -2.64. The summed E-state index contributed by atoms with van der Waals surface area (Å²) in [5.41, 5.74) is 17.4. The molecule has 0 aromatic carbocycles. The van der Waals surface area contributed by atoms with Crippen molar-refractivity contribution in [1.29, 1.82) is 0 Å². The van der Waals surface area contributed by atoms with Gasteiger partial charge in [0.1, 0.15) is 0 Å². The summed E-state index contributed by atoms with van der Waals surface area (Å²) in [6, 6.07) is -3.25. The van der Waals surface area contributed by atoms with Gasteiger partial charge in [0.15, 0.2) is 12.1 Å². The van der Waals surface area contributed by atoms with E-state index in [1.807, 2.05) is 0 Å². The summed E-state index contributed by atoms with van der Waals surface area (Å²) in [4.78, 5) is 63.3. The molecule has 0 spiro atoms. The van der Waals surface area contributed by atoms with E-state index in [4.69, 9.17) is 21.7 Å². The van der Waals surface area contributed by atoms with Gasteiger partial charge in [-0.15, -0.1) is 0 Å². The minimum absolute atomic E-state index is 0. The Morgan fingerprint density at radius 1 is 0.690 bits per heavy atom. The van der Waals surface area contributed by atoms with E-state index in [-0.39, 0.29) is 22.5 Å². The highest BCUT2D eigenvalue weighted by atomic mass is 33.1. The normalized spacial score (nSPS) is 12.4. The van der Waals surface area contributed by atoms with Crippen molar-refractivity contribution in [3.8, 4) is 0 Å². The summed E-state index contributed by atoms with van der Waals surface area (Å²) < 4.78 is 0. The Morgan fingerprint density at radius 3 is 1.17 bits per heavy atom. The summed E-state index contributed by atoms with van der Waals surface area (Å²) in [7, 11) is 2.09. The third-order valence-corrected chi connectivity index (χ3v) is 7.01. The Balaban J connectivity index is -0.000000176. The average Bonchev–Trinajstić information content (AvgIpc) is 2.85. The molecule has 4 atom stereocenters. The molecule has 0 radical (unpaired) electrons. The molecule has 0 heterocycles. The summed E-state index contributed by atoms with van der Waals surface area (Å²) in [6.07, 6.45) is 4.76. The van der Waals surface area contributed by atoms with Gasteiger partial charge in [-0.3, -0.25) is 9.59 Å². The fourth-order valence-electron chi connectivity index (χ4n) is 2.38. The molecule has 250 valence electrons. The minimum Gasteiger partial charge on any atom is -0.548 e. The van der Waals surface area contributed by atoms with Crippen LogP contribution in [0.25, 0.3) is 0 Å². The van der Waals surface area contributed by atoms with E-state index in [2.05, 4.69) is 22.1 Å². The van der Waals surface area contributed by atoms with Gasteiger partial charge >= 0.3 is 11.9 Å². The molecule has 0 aliphatic rings. The van der Waals surface area contributed by atoms with Crippen LogP contribution in [-0.2, 0) is 28.8 Å². The van der Waals surface area contributed by atoms with Crippen molar-refractivity contribution in [1.82, 2.24) is 10.6 Å². The van der Waals surface area contributed by atoms with Crippen LogP contribution in [0.2, 0.25) is 0 Å². The number of carbonyl (C=O) groups is 6. The number of amides is 2. The van der Waals surface area contributed by atoms with Crippen LogP contribution in [0.4, 0.5) is 0 Å². The van der Waals surface area contributed by atoms with Crippen LogP contribution < -0.4 is 43.8 Å². The van der Waals surface area contributed by atoms with Crippen molar-refractivity contribution in [2.24, 2.45) is 11.5 Å². The number of carboxylic acid groups (broad SMARTS) is 4. The van der Waals surface area contributed by atoms with Crippen molar-refractivity contribution < 1.29 is 71.6 Å². The van der Waals surface area contributed by atoms with E-state index < -0.39 is 59.9 Å². The van der Waals surface area contributed by atoms with Crippen LogP contribution in [-0.4, -0.2) is 106 Å². The summed E-state index contributed by atoms with van der Waals surface area (Å²) in [5, 5.41) is 42.6. The predicted octanol–water partition coefficient (Wildman–Crippen LogP) is -7.15. The van der Waals surface area contributed by atoms with Crippen LogP contribution in [0.5, 0.6) is 0 Å². The van der Waals surface area contributed by atoms with Gasteiger partial charge in [-0.1, -0.05) is 21.6 Å². The molecule has 0 bridgehead atoms. The number of unbranched alkanes of at least 4 members (excludes halogenated alkanes) is 2. The molecule has 0 aliphatic heterocycles. The molecule has 0 unspecified atom stereocenters. The van der Waals surface area contributed by atoms with Crippen molar-refractivity contribution in [3.63, 3.8) is 0 Å². The second kappa shape index (κ2) is 31.2. The smallest absolute Gasteiger partial charge is 0.362 e. The third kappa shape index (κ3) is 33.5. The first-order chi connectivity index (χ1) is 18.6. The molecular formula is C22H48N6O12S2. The number of carbonyl (C=O) groups excluding carboxylic acids is 4. The molecule has 42 heavy (non-hydrogen) atoms. The van der Waals surface area contributed by atoms with E-state index in [1.165, 1.54) is 13.8 Å². The molecule has 0 rings (SSSR count). The number of aliphatic carboxylic acids is 4. The lowest BCUT2D eigenvalue weighted by molar-refractivity contribution is -0.409. The number of nitrogens with one attached hydrogen (secondary N) is 2. The standard InChI is InChI=1S/C10H16N2O6S2.2C6H14N2O2.2H2O/c1-5(13)11-7(9(15)16)3-19-20-4-8(10(17)18)12-6(2)14;2*7-4-2-1-3-5(8)6(9)10;;/h7-8H,3-4H2,1-2H3,(H,11,13)(H,12,14)(H,15,16)(H,17,18);2*5H,1-4,7-8H2,(H,9,10);2*1H2/t7-,8-;2*5-;;/m000../s1. The number of hydrogen-bond donors (Lipinski definition) is 8. The highest BCUT2D eigenvalue weighted by molar-refractivity contribution is 8.76. The molecule has 0 aromatic heterocycles. The molecule has 0 fully saturated rings. The lowest BCUT2D eigenvalue weighted by atomic mass is 10.1. The topological polar surface area (TPSA) is 383 Å². The van der Waals surface area contributed by atoms with E-state index in [1.54, 1.807) is 0 Å². The maximum absolute atomic E-state index is 10.8. The Labute approximate surface area is 252 Å². The van der Waals surface area contributed by atoms with E-state index >= 15 is 0 Å². The van der Waals surface area contributed by atoms with Crippen LogP contribution in [0.1, 0.15) is 52.4 Å². The number of carboxylic acids is 4. The van der Waals surface area contributed by atoms with Crippen LogP contribution in [0.3, 0.4) is 0 Å². The van der Waals surface area contributed by atoms with Gasteiger partial charge in [0.25, 0.3) is 0 Å². The first-order valence-electron chi connectivity index (χ1n) is 12.3. The second-order valence-electron chi connectivity index (χ2n) is 8.35. The van der Waals surface area contributed by atoms with Crippen molar-refractivity contribution in [2.75, 3.05) is 24.6 Å². The summed E-state index contributed by atoms with van der Waals surface area (Å²) >= 11 is 0. The zero-order valence-electron chi connectivity index (χ0n) is 23.9. The van der Waals surface area contributed by atoms with Crippen LogP contribution in [0, 0.1) is 0 Å². The first-order valence-corrected chi connectivity index (χ1v) is 14.8. The lowest BCUT2D eigenvalue weighted by Gasteiger charge is -2.20. The summed E-state index contributed by atoms with van der Waals surface area (Å²) in [5.74, 6) is -5.49. The molecule has 0 saturated carbocycles. The highest BCUT2D eigenvalue weighted by Gasteiger charge is 2.15. The number of quaternary nitrogens is 2. The number of rotatable bonds is 19. The van der Waals surface area contributed by atoms with Crippen molar-refractivity contribution in [2.45, 2.75) is 76.5 Å². The predicted molar refractivity (Wildman–Crippen MR) is 152 cm³/mol. The van der Waals surface area contributed by atoms with Gasteiger partial charge in [-0.25, -0.2) is 9.59 Å². The van der Waals surface area contributed by atoms with Crippen molar-refractivity contribution >= 4 is 57.3 Å². The molecule has 20 heteroatoms. The summed E-state index contributed by atoms with van der Waals surface area (Å²) in [6.45, 7) is 3.62. The minimum atomic E-state index is -1.42. The molecule has 0 aliphatic carbocycles. The molecular weight excluding hydrogens is 604 g/mol. The zero-order chi connectivity index (χ0) is 31.7. The van der Waals surface area contributed by atoms with E-state index in [0.717, 1.165) is 47.3 Å². The fourth-order valence-corrected chi connectivity index (χ4v) is 4.67. The molecule has 0 aromatic rings. The first kappa shape index (κ1) is 49.0. The van der Waals surface area contributed by atoms with Gasteiger partial charge < -0.3 is 74.5 Å². The van der Waals surface area contributed by atoms with Gasteiger partial charge in [0, 0.05) is 38.2 Å². The van der Waals surface area contributed by atoms with Crippen molar-refractivity contribution in [3.05, 3.63) is 0 Å². The molecule has 0 saturated heterocycles. The maximum Gasteiger partial charge on any atom is 0.362 e. The molecule has 2 amide bonds. The van der Waals surface area contributed by atoms with Gasteiger partial charge in [-0.2, -0.15) is 0 Å². The zero-order valence-corrected chi connectivity index (χ0v) is 25.6. The monoisotopic (exact) mass is 652 g/mol. The average molecular weight is 653 g/mol.